The minimum absolute atomic E-state index is 0.0552. The number of rotatable bonds is 4. The Balaban J connectivity index is 1.84. The standard InChI is InChI=1S/C14H22N4O2/c1-11(2)20-14(19)10-17-5-7-18(8-6-17)13-3-4-16-9-12(13)15/h3-4,9,11H,5-8,10,15H2,1-2H3. The molecule has 1 saturated heterocycles. The Kier molecular flexibility index (Phi) is 4.79. The van der Waals surface area contributed by atoms with Crippen LogP contribution in [0.1, 0.15) is 13.8 Å². The molecule has 2 N–H and O–H groups in total. The van der Waals surface area contributed by atoms with Crippen LogP contribution in [0.15, 0.2) is 18.5 Å². The molecular formula is C14H22N4O2. The summed E-state index contributed by atoms with van der Waals surface area (Å²) in [6.07, 6.45) is 3.36. The highest BCUT2D eigenvalue weighted by molar-refractivity contribution is 5.72. The van der Waals surface area contributed by atoms with Crippen LogP contribution in [0.2, 0.25) is 0 Å². The first kappa shape index (κ1) is 14.6. The summed E-state index contributed by atoms with van der Waals surface area (Å²) in [6, 6.07) is 1.93. The molecule has 0 atom stereocenters. The van der Waals surface area contributed by atoms with Gasteiger partial charge in [0, 0.05) is 32.4 Å². The molecule has 0 aromatic carbocycles. The normalized spacial score (nSPS) is 16.4. The smallest absolute Gasteiger partial charge is 0.320 e. The van der Waals surface area contributed by atoms with E-state index >= 15 is 0 Å². The second kappa shape index (κ2) is 6.56. The largest absolute Gasteiger partial charge is 0.462 e. The minimum atomic E-state index is -0.156. The van der Waals surface area contributed by atoms with Gasteiger partial charge in [-0.3, -0.25) is 14.7 Å². The summed E-state index contributed by atoms with van der Waals surface area (Å²) in [6.45, 7) is 7.44. The van der Waals surface area contributed by atoms with E-state index in [4.69, 9.17) is 10.5 Å². The molecule has 1 aliphatic heterocycles. The second-order valence-corrected chi connectivity index (χ2v) is 5.24. The maximum absolute atomic E-state index is 11.6. The van der Waals surface area contributed by atoms with E-state index in [-0.39, 0.29) is 12.1 Å². The Morgan fingerprint density at radius 1 is 1.40 bits per heavy atom. The van der Waals surface area contributed by atoms with Crippen molar-refractivity contribution in [3.8, 4) is 0 Å². The Morgan fingerprint density at radius 2 is 2.10 bits per heavy atom. The van der Waals surface area contributed by atoms with Crippen molar-refractivity contribution in [3.05, 3.63) is 18.5 Å². The number of piperazine rings is 1. The Bertz CT molecular complexity index is 456. The predicted octanol–water partition coefficient (Wildman–Crippen LogP) is 0.737. The minimum Gasteiger partial charge on any atom is -0.462 e. The molecule has 1 aromatic rings. The fourth-order valence-corrected chi connectivity index (χ4v) is 2.32. The molecule has 6 heteroatoms. The third kappa shape index (κ3) is 3.84. The Morgan fingerprint density at radius 3 is 2.70 bits per heavy atom. The number of hydrogen-bond acceptors (Lipinski definition) is 6. The van der Waals surface area contributed by atoms with E-state index in [9.17, 15) is 4.79 Å². The van der Waals surface area contributed by atoms with E-state index < -0.39 is 0 Å². The predicted molar refractivity (Wildman–Crippen MR) is 78.5 cm³/mol. The maximum atomic E-state index is 11.6. The number of anilines is 2. The Labute approximate surface area is 119 Å². The third-order valence-electron chi connectivity index (χ3n) is 3.26. The number of nitrogens with two attached hydrogens (primary N) is 1. The highest BCUT2D eigenvalue weighted by Crippen LogP contribution is 2.22. The fraction of sp³-hybridized carbons (Fsp3) is 0.571. The van der Waals surface area contributed by atoms with Crippen molar-refractivity contribution in [1.29, 1.82) is 0 Å². The molecule has 1 aliphatic rings. The number of nitrogen functional groups attached to an aromatic ring is 1. The number of ether oxygens (including phenoxy) is 1. The van der Waals surface area contributed by atoms with Crippen LogP contribution < -0.4 is 10.6 Å². The van der Waals surface area contributed by atoms with Gasteiger partial charge in [-0.15, -0.1) is 0 Å². The highest BCUT2D eigenvalue weighted by Gasteiger charge is 2.21. The van der Waals surface area contributed by atoms with Crippen molar-refractivity contribution in [2.24, 2.45) is 0 Å². The van der Waals surface area contributed by atoms with E-state index in [0.717, 1.165) is 31.9 Å². The summed E-state index contributed by atoms with van der Waals surface area (Å²) >= 11 is 0. The van der Waals surface area contributed by atoms with Crippen LogP contribution in [0.5, 0.6) is 0 Å². The Hall–Kier alpha value is -1.82. The molecule has 110 valence electrons. The molecule has 2 heterocycles. The number of nitrogens with zero attached hydrogens (tertiary/aromatic N) is 3. The van der Waals surface area contributed by atoms with Gasteiger partial charge in [-0.1, -0.05) is 0 Å². The van der Waals surface area contributed by atoms with Crippen molar-refractivity contribution in [3.63, 3.8) is 0 Å². The molecule has 20 heavy (non-hydrogen) atoms. The summed E-state index contributed by atoms with van der Waals surface area (Å²) in [5.41, 5.74) is 7.64. The van der Waals surface area contributed by atoms with Crippen LogP contribution in [0.25, 0.3) is 0 Å². The number of carbonyl (C=O) groups excluding carboxylic acids is 1. The molecule has 0 saturated carbocycles. The first-order valence-electron chi connectivity index (χ1n) is 6.92. The first-order chi connectivity index (χ1) is 9.56. The van der Waals surface area contributed by atoms with Gasteiger partial charge in [0.1, 0.15) is 0 Å². The van der Waals surface area contributed by atoms with Crippen LogP contribution in [-0.4, -0.2) is 54.7 Å². The van der Waals surface area contributed by atoms with Crippen molar-refractivity contribution in [2.45, 2.75) is 20.0 Å². The van der Waals surface area contributed by atoms with E-state index in [1.165, 1.54) is 0 Å². The summed E-state index contributed by atoms with van der Waals surface area (Å²) in [5, 5.41) is 0. The lowest BCUT2D eigenvalue weighted by atomic mass is 10.2. The zero-order valence-corrected chi connectivity index (χ0v) is 12.1. The van der Waals surface area contributed by atoms with Crippen LogP contribution in [-0.2, 0) is 9.53 Å². The monoisotopic (exact) mass is 278 g/mol. The summed E-state index contributed by atoms with van der Waals surface area (Å²) < 4.78 is 5.16. The molecule has 0 unspecified atom stereocenters. The lowest BCUT2D eigenvalue weighted by Crippen LogP contribution is -2.48. The van der Waals surface area contributed by atoms with Crippen LogP contribution >= 0.6 is 0 Å². The van der Waals surface area contributed by atoms with Crippen LogP contribution in [0, 0.1) is 0 Å². The van der Waals surface area contributed by atoms with Crippen molar-refractivity contribution in [1.82, 2.24) is 9.88 Å². The summed E-state index contributed by atoms with van der Waals surface area (Å²) in [5.74, 6) is -0.156. The molecule has 0 radical (unpaired) electrons. The molecule has 1 fully saturated rings. The zero-order chi connectivity index (χ0) is 14.5. The van der Waals surface area contributed by atoms with Gasteiger partial charge in [-0.25, -0.2) is 0 Å². The van der Waals surface area contributed by atoms with Crippen LogP contribution in [0.3, 0.4) is 0 Å². The number of carbonyl (C=O) groups is 1. The molecule has 0 amide bonds. The summed E-state index contributed by atoms with van der Waals surface area (Å²) in [7, 11) is 0. The molecule has 2 rings (SSSR count). The number of esters is 1. The van der Waals surface area contributed by atoms with Gasteiger partial charge in [0.25, 0.3) is 0 Å². The zero-order valence-electron chi connectivity index (χ0n) is 12.1. The third-order valence-corrected chi connectivity index (χ3v) is 3.26. The SMILES string of the molecule is CC(C)OC(=O)CN1CCN(c2ccncc2N)CC1. The molecule has 0 spiro atoms. The fourth-order valence-electron chi connectivity index (χ4n) is 2.32. The lowest BCUT2D eigenvalue weighted by molar-refractivity contribution is -0.148. The van der Waals surface area contributed by atoms with E-state index in [2.05, 4.69) is 14.8 Å². The molecule has 1 aromatic heterocycles. The van der Waals surface area contributed by atoms with Crippen molar-refractivity contribution >= 4 is 17.3 Å². The average Bonchev–Trinajstić information content (AvgIpc) is 2.39. The van der Waals surface area contributed by atoms with Gasteiger partial charge in [0.15, 0.2) is 0 Å². The molecule has 6 nitrogen and oxygen atoms in total. The average molecular weight is 278 g/mol. The number of hydrogen-bond donors (Lipinski definition) is 1. The van der Waals surface area contributed by atoms with E-state index in [1.807, 2.05) is 19.9 Å². The van der Waals surface area contributed by atoms with Crippen molar-refractivity contribution < 1.29 is 9.53 Å². The van der Waals surface area contributed by atoms with Gasteiger partial charge >= 0.3 is 5.97 Å². The molecule has 0 bridgehead atoms. The second-order valence-electron chi connectivity index (χ2n) is 5.24. The highest BCUT2D eigenvalue weighted by atomic mass is 16.5. The lowest BCUT2D eigenvalue weighted by Gasteiger charge is -2.36. The first-order valence-corrected chi connectivity index (χ1v) is 6.92. The molecule has 0 aliphatic carbocycles. The van der Waals surface area contributed by atoms with E-state index in [0.29, 0.717) is 12.2 Å². The van der Waals surface area contributed by atoms with Gasteiger partial charge in [0.05, 0.1) is 30.2 Å². The van der Waals surface area contributed by atoms with Gasteiger partial charge < -0.3 is 15.4 Å². The van der Waals surface area contributed by atoms with Gasteiger partial charge in [-0.05, 0) is 19.9 Å². The summed E-state index contributed by atoms with van der Waals surface area (Å²) in [4.78, 5) is 20.0. The van der Waals surface area contributed by atoms with Gasteiger partial charge in [-0.2, -0.15) is 0 Å². The maximum Gasteiger partial charge on any atom is 0.320 e. The van der Waals surface area contributed by atoms with Crippen LogP contribution in [0.4, 0.5) is 11.4 Å². The van der Waals surface area contributed by atoms with Gasteiger partial charge in [0.2, 0.25) is 0 Å². The quantitative estimate of drug-likeness (QED) is 0.819. The van der Waals surface area contributed by atoms with E-state index in [1.54, 1.807) is 12.4 Å². The van der Waals surface area contributed by atoms with Crippen molar-refractivity contribution in [2.75, 3.05) is 43.4 Å². The number of pyridine rings is 1. The topological polar surface area (TPSA) is 71.7 Å². The number of aromatic nitrogens is 1. The molecular weight excluding hydrogens is 256 g/mol.